The molecule has 1 N–H and O–H groups in total. The van der Waals surface area contributed by atoms with Crippen molar-refractivity contribution in [3.05, 3.63) is 34.5 Å². The molecule has 136 valence electrons. The van der Waals surface area contributed by atoms with Crippen molar-refractivity contribution in [2.45, 2.75) is 44.1 Å². The Hall–Kier alpha value is -1.89. The van der Waals surface area contributed by atoms with Crippen LogP contribution in [0.5, 0.6) is 0 Å². The third-order valence-corrected chi connectivity index (χ3v) is 6.31. The molecule has 2 aromatic rings. The maximum atomic E-state index is 4.47. The molecule has 6 nitrogen and oxygen atoms in total. The van der Waals surface area contributed by atoms with Crippen molar-refractivity contribution in [2.24, 2.45) is 12.0 Å². The van der Waals surface area contributed by atoms with Crippen LogP contribution in [0.15, 0.2) is 28.8 Å². The molecule has 0 spiro atoms. The molecule has 2 aromatic heterocycles. The Balaban J connectivity index is 1.67. The van der Waals surface area contributed by atoms with Crippen molar-refractivity contribution in [1.82, 2.24) is 25.0 Å². The number of aromatic nitrogens is 3. The number of thiophene rings is 1. The monoisotopic (exact) mass is 360 g/mol. The molecule has 0 amide bonds. The van der Waals surface area contributed by atoms with Gasteiger partial charge in [0.15, 0.2) is 5.96 Å². The maximum Gasteiger partial charge on any atom is 0.193 e. The Morgan fingerprint density at radius 2 is 2.20 bits per heavy atom. The molecule has 1 saturated carbocycles. The molecule has 1 aliphatic carbocycles. The number of hydrogen-bond donors (Lipinski definition) is 1. The first-order valence-electron chi connectivity index (χ1n) is 8.93. The molecule has 7 heteroatoms. The number of aliphatic imine (C=N–C) groups is 1. The standard InChI is InChI=1S/C18H28N6S/c1-19-17(23(2)12-16-21-14-22-24(16)3)20-13-18(9-5-4-6-10-18)15-8-7-11-25-15/h7-8,11,14H,4-6,9-10,12-13H2,1-3H3,(H,19,20). The molecule has 1 aliphatic rings. The smallest absolute Gasteiger partial charge is 0.193 e. The second kappa shape index (κ2) is 7.99. The zero-order valence-electron chi connectivity index (χ0n) is 15.4. The maximum absolute atomic E-state index is 4.47. The van der Waals surface area contributed by atoms with E-state index in [2.05, 4.69) is 42.8 Å². The molecular weight excluding hydrogens is 332 g/mol. The van der Waals surface area contributed by atoms with Gasteiger partial charge in [-0.15, -0.1) is 11.3 Å². The molecule has 0 bridgehead atoms. The quantitative estimate of drug-likeness (QED) is 0.658. The van der Waals surface area contributed by atoms with Crippen LogP contribution in [-0.4, -0.2) is 46.3 Å². The zero-order chi connectivity index (χ0) is 17.7. The average Bonchev–Trinajstić information content (AvgIpc) is 3.29. The highest BCUT2D eigenvalue weighted by atomic mass is 32.1. The number of guanidine groups is 1. The van der Waals surface area contributed by atoms with E-state index >= 15 is 0 Å². The molecule has 0 saturated heterocycles. The van der Waals surface area contributed by atoms with Gasteiger partial charge in [-0.2, -0.15) is 5.10 Å². The molecule has 3 rings (SSSR count). The van der Waals surface area contributed by atoms with Crippen LogP contribution < -0.4 is 5.32 Å². The Labute approximate surface area is 154 Å². The van der Waals surface area contributed by atoms with E-state index in [0.717, 1.165) is 18.3 Å². The van der Waals surface area contributed by atoms with Gasteiger partial charge in [0.25, 0.3) is 0 Å². The summed E-state index contributed by atoms with van der Waals surface area (Å²) in [4.78, 5) is 12.4. The summed E-state index contributed by atoms with van der Waals surface area (Å²) in [6.07, 6.45) is 8.08. The van der Waals surface area contributed by atoms with Gasteiger partial charge in [0.2, 0.25) is 0 Å². The third-order valence-electron chi connectivity index (χ3n) is 5.20. The predicted octanol–water partition coefficient (Wildman–Crippen LogP) is 2.79. The van der Waals surface area contributed by atoms with Gasteiger partial charge in [0.1, 0.15) is 12.2 Å². The third kappa shape index (κ3) is 4.03. The lowest BCUT2D eigenvalue weighted by Gasteiger charge is -2.38. The van der Waals surface area contributed by atoms with Gasteiger partial charge in [0.05, 0.1) is 6.54 Å². The van der Waals surface area contributed by atoms with Gasteiger partial charge in [-0.05, 0) is 24.3 Å². The van der Waals surface area contributed by atoms with E-state index in [0.29, 0.717) is 6.54 Å². The molecule has 0 unspecified atom stereocenters. The molecular formula is C18H28N6S. The lowest BCUT2D eigenvalue weighted by molar-refractivity contribution is 0.292. The van der Waals surface area contributed by atoms with E-state index in [1.54, 1.807) is 11.0 Å². The van der Waals surface area contributed by atoms with Crippen LogP contribution in [0.3, 0.4) is 0 Å². The summed E-state index contributed by atoms with van der Waals surface area (Å²) >= 11 is 1.89. The van der Waals surface area contributed by atoms with Crippen LogP contribution in [0.25, 0.3) is 0 Å². The van der Waals surface area contributed by atoms with Crippen LogP contribution in [0.4, 0.5) is 0 Å². The number of hydrogen-bond acceptors (Lipinski definition) is 4. The average molecular weight is 361 g/mol. The Bertz CT molecular complexity index is 684. The molecule has 0 aromatic carbocycles. The Kier molecular flexibility index (Phi) is 5.73. The van der Waals surface area contributed by atoms with E-state index in [-0.39, 0.29) is 5.41 Å². The van der Waals surface area contributed by atoms with Gasteiger partial charge >= 0.3 is 0 Å². The second-order valence-corrected chi connectivity index (χ2v) is 7.82. The topological polar surface area (TPSA) is 58.3 Å². The largest absolute Gasteiger partial charge is 0.355 e. The van der Waals surface area contributed by atoms with E-state index in [1.165, 1.54) is 37.0 Å². The number of rotatable bonds is 5. The first-order valence-corrected chi connectivity index (χ1v) is 9.81. The Morgan fingerprint density at radius 1 is 1.40 bits per heavy atom. The van der Waals surface area contributed by atoms with Crippen molar-refractivity contribution in [3.63, 3.8) is 0 Å². The van der Waals surface area contributed by atoms with Crippen molar-refractivity contribution in [2.75, 3.05) is 20.6 Å². The fourth-order valence-corrected chi connectivity index (χ4v) is 4.69. The number of aryl methyl sites for hydroxylation is 1. The summed E-state index contributed by atoms with van der Waals surface area (Å²) < 4.78 is 1.80. The van der Waals surface area contributed by atoms with Crippen LogP contribution >= 0.6 is 11.3 Å². The summed E-state index contributed by atoms with van der Waals surface area (Å²) in [7, 11) is 5.80. The van der Waals surface area contributed by atoms with E-state index in [4.69, 9.17) is 0 Å². The van der Waals surface area contributed by atoms with Crippen molar-refractivity contribution < 1.29 is 0 Å². The predicted molar refractivity (Wildman–Crippen MR) is 103 cm³/mol. The molecule has 0 aliphatic heterocycles. The van der Waals surface area contributed by atoms with Crippen LogP contribution in [0, 0.1) is 0 Å². The molecule has 25 heavy (non-hydrogen) atoms. The SMILES string of the molecule is CN=C(NCC1(c2cccs2)CCCCC1)N(C)Cc1ncnn1C. The van der Waals surface area contributed by atoms with Crippen LogP contribution in [-0.2, 0) is 19.0 Å². The minimum Gasteiger partial charge on any atom is -0.355 e. The van der Waals surface area contributed by atoms with E-state index in [1.807, 2.05) is 32.5 Å². The lowest BCUT2D eigenvalue weighted by atomic mass is 9.73. The van der Waals surface area contributed by atoms with Gasteiger partial charge < -0.3 is 10.2 Å². The van der Waals surface area contributed by atoms with E-state index in [9.17, 15) is 0 Å². The number of nitrogens with one attached hydrogen (secondary N) is 1. The van der Waals surface area contributed by atoms with Gasteiger partial charge in [-0.25, -0.2) is 4.98 Å². The highest BCUT2D eigenvalue weighted by Gasteiger charge is 2.35. The highest BCUT2D eigenvalue weighted by molar-refractivity contribution is 7.10. The second-order valence-electron chi connectivity index (χ2n) is 6.87. The normalized spacial score (nSPS) is 17.5. The van der Waals surface area contributed by atoms with Gasteiger partial charge in [-0.1, -0.05) is 25.3 Å². The Morgan fingerprint density at radius 3 is 2.80 bits per heavy atom. The van der Waals surface area contributed by atoms with E-state index < -0.39 is 0 Å². The van der Waals surface area contributed by atoms with Crippen LogP contribution in [0.2, 0.25) is 0 Å². The van der Waals surface area contributed by atoms with Gasteiger partial charge in [-0.3, -0.25) is 9.67 Å². The first kappa shape index (κ1) is 17.9. The fraction of sp³-hybridized carbons (Fsp3) is 0.611. The lowest BCUT2D eigenvalue weighted by Crippen LogP contribution is -2.46. The fourth-order valence-electron chi connectivity index (χ4n) is 3.70. The van der Waals surface area contributed by atoms with Gasteiger partial charge in [0, 0.05) is 38.0 Å². The zero-order valence-corrected chi connectivity index (χ0v) is 16.2. The van der Waals surface area contributed by atoms with Crippen molar-refractivity contribution in [1.29, 1.82) is 0 Å². The first-order chi connectivity index (χ1) is 12.1. The molecule has 0 atom stereocenters. The minimum atomic E-state index is 0.244. The van der Waals surface area contributed by atoms with Crippen molar-refractivity contribution in [3.8, 4) is 0 Å². The minimum absolute atomic E-state index is 0.244. The highest BCUT2D eigenvalue weighted by Crippen LogP contribution is 2.41. The molecule has 2 heterocycles. The summed E-state index contributed by atoms with van der Waals surface area (Å²) in [5, 5.41) is 9.96. The summed E-state index contributed by atoms with van der Waals surface area (Å²) in [6.45, 7) is 1.62. The van der Waals surface area contributed by atoms with Crippen LogP contribution in [0.1, 0.15) is 42.8 Å². The summed E-state index contributed by atoms with van der Waals surface area (Å²) in [5.41, 5.74) is 0.244. The summed E-state index contributed by atoms with van der Waals surface area (Å²) in [6, 6.07) is 4.47. The molecule has 0 radical (unpaired) electrons. The number of nitrogens with zero attached hydrogens (tertiary/aromatic N) is 5. The molecule has 1 fully saturated rings. The van der Waals surface area contributed by atoms with Crippen molar-refractivity contribution >= 4 is 17.3 Å². The summed E-state index contributed by atoms with van der Waals surface area (Å²) in [5.74, 6) is 1.83.